The normalized spacial score (nSPS) is 16.7. The van der Waals surface area contributed by atoms with E-state index in [0.29, 0.717) is 20.5 Å². The van der Waals surface area contributed by atoms with Crippen LogP contribution >= 0.6 is 46.3 Å². The SMILES string of the molecule is Cc1ccsc1/C=C1/SC(=O)N(Cc2c(Cl)cccc2Cl)C1=O. The van der Waals surface area contributed by atoms with Gasteiger partial charge in [-0.3, -0.25) is 14.5 Å². The molecular weight excluding hydrogens is 373 g/mol. The Morgan fingerprint density at radius 3 is 2.48 bits per heavy atom. The van der Waals surface area contributed by atoms with Crippen LogP contribution < -0.4 is 0 Å². The van der Waals surface area contributed by atoms with Gasteiger partial charge in [0, 0.05) is 20.5 Å². The van der Waals surface area contributed by atoms with Crippen LogP contribution in [0, 0.1) is 6.92 Å². The molecule has 1 aromatic carbocycles. The highest BCUT2D eigenvalue weighted by Gasteiger charge is 2.35. The highest BCUT2D eigenvalue weighted by molar-refractivity contribution is 8.18. The molecule has 0 unspecified atom stereocenters. The molecule has 0 bridgehead atoms. The van der Waals surface area contributed by atoms with Crippen LogP contribution in [0.2, 0.25) is 10.0 Å². The van der Waals surface area contributed by atoms with E-state index in [0.717, 1.165) is 22.2 Å². The van der Waals surface area contributed by atoms with Gasteiger partial charge in [-0.1, -0.05) is 29.3 Å². The predicted molar refractivity (Wildman–Crippen MR) is 97.0 cm³/mol. The predicted octanol–water partition coefficient (Wildman–Crippen LogP) is 5.60. The quantitative estimate of drug-likeness (QED) is 0.647. The smallest absolute Gasteiger partial charge is 0.268 e. The van der Waals surface area contributed by atoms with Gasteiger partial charge in [-0.05, 0) is 53.9 Å². The number of carbonyl (C=O) groups is 2. The van der Waals surface area contributed by atoms with E-state index >= 15 is 0 Å². The Morgan fingerprint density at radius 2 is 1.87 bits per heavy atom. The van der Waals surface area contributed by atoms with Gasteiger partial charge in [0.2, 0.25) is 0 Å². The maximum atomic E-state index is 12.5. The number of rotatable bonds is 3. The lowest BCUT2D eigenvalue weighted by Gasteiger charge is -2.14. The zero-order chi connectivity index (χ0) is 16.6. The van der Waals surface area contributed by atoms with E-state index in [1.54, 1.807) is 24.3 Å². The van der Waals surface area contributed by atoms with Crippen molar-refractivity contribution in [2.24, 2.45) is 0 Å². The van der Waals surface area contributed by atoms with Gasteiger partial charge in [-0.2, -0.15) is 0 Å². The molecule has 118 valence electrons. The Hall–Kier alpha value is -1.27. The second-order valence-electron chi connectivity index (χ2n) is 4.94. The Kier molecular flexibility index (Phi) is 4.82. The zero-order valence-electron chi connectivity index (χ0n) is 12.0. The first-order valence-electron chi connectivity index (χ1n) is 6.69. The third-order valence-electron chi connectivity index (χ3n) is 3.42. The highest BCUT2D eigenvalue weighted by atomic mass is 35.5. The van der Waals surface area contributed by atoms with Crippen molar-refractivity contribution >= 4 is 63.5 Å². The first kappa shape index (κ1) is 16.6. The molecule has 23 heavy (non-hydrogen) atoms. The fourth-order valence-electron chi connectivity index (χ4n) is 2.13. The van der Waals surface area contributed by atoms with Crippen molar-refractivity contribution in [3.8, 4) is 0 Å². The lowest BCUT2D eigenvalue weighted by molar-refractivity contribution is -0.123. The van der Waals surface area contributed by atoms with Gasteiger partial charge >= 0.3 is 0 Å². The lowest BCUT2D eigenvalue weighted by Crippen LogP contribution is -2.27. The highest BCUT2D eigenvalue weighted by Crippen LogP contribution is 2.36. The first-order valence-corrected chi connectivity index (χ1v) is 9.15. The summed E-state index contributed by atoms with van der Waals surface area (Å²) < 4.78 is 0. The molecule has 3 rings (SSSR count). The van der Waals surface area contributed by atoms with Crippen LogP contribution in [0.25, 0.3) is 6.08 Å². The van der Waals surface area contributed by atoms with E-state index < -0.39 is 0 Å². The van der Waals surface area contributed by atoms with Gasteiger partial charge in [0.05, 0.1) is 11.4 Å². The minimum Gasteiger partial charge on any atom is -0.268 e. The summed E-state index contributed by atoms with van der Waals surface area (Å²) in [6.45, 7) is 2.04. The minimum atomic E-state index is -0.316. The molecule has 2 amide bonds. The van der Waals surface area contributed by atoms with Crippen molar-refractivity contribution in [3.63, 3.8) is 0 Å². The maximum absolute atomic E-state index is 12.5. The molecule has 7 heteroatoms. The molecule has 1 aliphatic heterocycles. The number of thiophene rings is 1. The van der Waals surface area contributed by atoms with Gasteiger partial charge in [0.15, 0.2) is 0 Å². The van der Waals surface area contributed by atoms with Crippen LogP contribution in [0.1, 0.15) is 16.0 Å². The summed E-state index contributed by atoms with van der Waals surface area (Å²) in [6.07, 6.45) is 1.76. The third-order valence-corrected chi connectivity index (χ3v) is 6.00. The largest absolute Gasteiger partial charge is 0.293 e. The first-order chi connectivity index (χ1) is 11.0. The van der Waals surface area contributed by atoms with E-state index in [1.807, 2.05) is 18.4 Å². The molecule has 1 fully saturated rings. The molecular formula is C16H11Cl2NO2S2. The van der Waals surface area contributed by atoms with Crippen molar-refractivity contribution in [2.45, 2.75) is 13.5 Å². The molecule has 0 radical (unpaired) electrons. The lowest BCUT2D eigenvalue weighted by atomic mass is 10.2. The van der Waals surface area contributed by atoms with Crippen LogP contribution in [0.4, 0.5) is 4.79 Å². The zero-order valence-corrected chi connectivity index (χ0v) is 15.2. The van der Waals surface area contributed by atoms with E-state index in [4.69, 9.17) is 23.2 Å². The summed E-state index contributed by atoms with van der Waals surface area (Å²) in [7, 11) is 0. The molecule has 3 nitrogen and oxygen atoms in total. The Labute approximate surface area is 151 Å². The molecule has 1 saturated heterocycles. The number of hydrogen-bond acceptors (Lipinski definition) is 4. The summed E-state index contributed by atoms with van der Waals surface area (Å²) in [4.78, 5) is 27.3. The molecule has 1 aliphatic rings. The minimum absolute atomic E-state index is 0.0733. The number of imide groups is 1. The number of hydrogen-bond donors (Lipinski definition) is 0. The van der Waals surface area contributed by atoms with Crippen molar-refractivity contribution in [2.75, 3.05) is 0 Å². The Morgan fingerprint density at radius 1 is 1.17 bits per heavy atom. The fraction of sp³-hybridized carbons (Fsp3) is 0.125. The number of amides is 2. The third kappa shape index (κ3) is 3.33. The number of nitrogens with zero attached hydrogens (tertiary/aromatic N) is 1. The Balaban J connectivity index is 1.88. The second-order valence-corrected chi connectivity index (χ2v) is 7.69. The number of thioether (sulfide) groups is 1. The fourth-order valence-corrected chi connectivity index (χ4v) is 4.40. The van der Waals surface area contributed by atoms with E-state index in [2.05, 4.69) is 0 Å². The molecule has 2 heterocycles. The van der Waals surface area contributed by atoms with Crippen molar-refractivity contribution in [3.05, 3.63) is 60.6 Å². The molecule has 0 N–H and O–H groups in total. The van der Waals surface area contributed by atoms with Crippen LogP contribution in [0.5, 0.6) is 0 Å². The van der Waals surface area contributed by atoms with Gasteiger partial charge in [-0.25, -0.2) is 0 Å². The standard InChI is InChI=1S/C16H11Cl2NO2S2/c1-9-5-6-22-13(9)7-14-15(20)19(16(21)23-14)8-10-11(17)3-2-4-12(10)18/h2-7H,8H2,1H3/b14-7+. The number of carbonyl (C=O) groups excluding carboxylic acids is 2. The molecule has 0 saturated carbocycles. The maximum Gasteiger partial charge on any atom is 0.293 e. The summed E-state index contributed by atoms with van der Waals surface area (Å²) >= 11 is 14.7. The van der Waals surface area contributed by atoms with Crippen LogP contribution in [-0.2, 0) is 11.3 Å². The van der Waals surface area contributed by atoms with E-state index in [9.17, 15) is 9.59 Å². The van der Waals surface area contributed by atoms with Crippen molar-refractivity contribution in [1.82, 2.24) is 4.90 Å². The van der Waals surface area contributed by atoms with E-state index in [-0.39, 0.29) is 17.7 Å². The number of benzene rings is 1. The molecule has 0 spiro atoms. The molecule has 0 atom stereocenters. The summed E-state index contributed by atoms with van der Waals surface area (Å²) in [5.74, 6) is -0.316. The van der Waals surface area contributed by atoms with Crippen LogP contribution in [-0.4, -0.2) is 16.0 Å². The van der Waals surface area contributed by atoms with Gasteiger partial charge < -0.3 is 0 Å². The number of halogens is 2. The van der Waals surface area contributed by atoms with Crippen LogP contribution in [0.3, 0.4) is 0 Å². The average Bonchev–Trinajstić information content (AvgIpc) is 3.01. The topological polar surface area (TPSA) is 37.4 Å². The molecule has 2 aromatic rings. The molecule has 0 aliphatic carbocycles. The second kappa shape index (κ2) is 6.69. The van der Waals surface area contributed by atoms with Gasteiger partial charge in [0.1, 0.15) is 0 Å². The number of aryl methyl sites for hydroxylation is 1. The van der Waals surface area contributed by atoms with E-state index in [1.165, 1.54) is 16.2 Å². The average molecular weight is 384 g/mol. The van der Waals surface area contributed by atoms with Crippen molar-refractivity contribution < 1.29 is 9.59 Å². The van der Waals surface area contributed by atoms with Gasteiger partial charge in [0.25, 0.3) is 11.1 Å². The molecule has 1 aromatic heterocycles. The summed E-state index contributed by atoms with van der Waals surface area (Å²) in [5.41, 5.74) is 1.66. The summed E-state index contributed by atoms with van der Waals surface area (Å²) in [5, 5.41) is 2.52. The summed E-state index contributed by atoms with van der Waals surface area (Å²) in [6, 6.07) is 7.07. The van der Waals surface area contributed by atoms with Crippen molar-refractivity contribution in [1.29, 1.82) is 0 Å². The van der Waals surface area contributed by atoms with Gasteiger partial charge in [-0.15, -0.1) is 11.3 Å². The monoisotopic (exact) mass is 383 g/mol. The van der Waals surface area contributed by atoms with Crippen LogP contribution in [0.15, 0.2) is 34.6 Å². The Bertz CT molecular complexity index is 809.